The van der Waals surface area contributed by atoms with Crippen LogP contribution in [0, 0.1) is 0 Å². The van der Waals surface area contributed by atoms with Gasteiger partial charge in [-0.05, 0) is 41.4 Å². The molecule has 0 fully saturated rings. The van der Waals surface area contributed by atoms with Crippen molar-refractivity contribution < 1.29 is 4.74 Å². The minimum atomic E-state index is 0.800. The smallest absolute Gasteiger partial charge is 0.0591 e. The van der Waals surface area contributed by atoms with Gasteiger partial charge in [-0.15, -0.1) is 11.3 Å². The monoisotopic (exact) mass is 249 g/mol. The molecule has 0 aliphatic carbocycles. The Morgan fingerprint density at radius 1 is 1.24 bits per heavy atom. The Balaban J connectivity index is 1.75. The van der Waals surface area contributed by atoms with Crippen LogP contribution in [0.1, 0.15) is 12.5 Å². The second-order valence-electron chi connectivity index (χ2n) is 4.01. The van der Waals surface area contributed by atoms with Gasteiger partial charge in [0.05, 0.1) is 13.2 Å². The van der Waals surface area contributed by atoms with Crippen LogP contribution in [0.3, 0.4) is 0 Å². The second kappa shape index (κ2) is 6.74. The molecule has 0 atom stereocenters. The molecule has 3 heteroatoms. The third kappa shape index (κ3) is 3.80. The van der Waals surface area contributed by atoms with Crippen molar-refractivity contribution in [2.24, 2.45) is 0 Å². The van der Waals surface area contributed by atoms with Gasteiger partial charge in [-0.3, -0.25) is 0 Å². The highest BCUT2D eigenvalue weighted by Gasteiger charge is 1.98. The SMILES string of the molecule is CCNCCOCCc1ccc2sccc2c1. The Kier molecular flexibility index (Phi) is 4.98. The molecule has 17 heavy (non-hydrogen) atoms. The van der Waals surface area contributed by atoms with E-state index >= 15 is 0 Å². The molecule has 0 saturated carbocycles. The van der Waals surface area contributed by atoms with Crippen molar-refractivity contribution in [1.29, 1.82) is 0 Å². The molecule has 0 amide bonds. The van der Waals surface area contributed by atoms with Crippen LogP contribution < -0.4 is 5.32 Å². The lowest BCUT2D eigenvalue weighted by Gasteiger charge is -2.05. The topological polar surface area (TPSA) is 21.3 Å². The first-order chi connectivity index (χ1) is 8.40. The number of ether oxygens (including phenoxy) is 1. The molecule has 0 aliphatic heterocycles. The van der Waals surface area contributed by atoms with Gasteiger partial charge >= 0.3 is 0 Å². The first kappa shape index (κ1) is 12.6. The van der Waals surface area contributed by atoms with Crippen LogP contribution in [0.5, 0.6) is 0 Å². The van der Waals surface area contributed by atoms with Gasteiger partial charge in [0, 0.05) is 11.2 Å². The highest BCUT2D eigenvalue weighted by atomic mass is 32.1. The number of fused-ring (bicyclic) bond motifs is 1. The lowest BCUT2D eigenvalue weighted by molar-refractivity contribution is 0.139. The fourth-order valence-electron chi connectivity index (χ4n) is 1.78. The molecule has 0 saturated heterocycles. The number of nitrogens with one attached hydrogen (secondary N) is 1. The summed E-state index contributed by atoms with van der Waals surface area (Å²) < 4.78 is 6.94. The van der Waals surface area contributed by atoms with E-state index in [-0.39, 0.29) is 0 Å². The summed E-state index contributed by atoms with van der Waals surface area (Å²) in [6.07, 6.45) is 0.998. The highest BCUT2D eigenvalue weighted by molar-refractivity contribution is 7.17. The third-order valence-corrected chi connectivity index (χ3v) is 3.62. The summed E-state index contributed by atoms with van der Waals surface area (Å²) in [5.41, 5.74) is 1.36. The first-order valence-electron chi connectivity index (χ1n) is 6.14. The average molecular weight is 249 g/mol. The van der Waals surface area contributed by atoms with Gasteiger partial charge in [-0.2, -0.15) is 0 Å². The van der Waals surface area contributed by atoms with E-state index in [1.807, 2.05) is 0 Å². The molecule has 92 valence electrons. The average Bonchev–Trinajstić information content (AvgIpc) is 2.81. The molecule has 0 bridgehead atoms. The molecule has 0 radical (unpaired) electrons. The van der Waals surface area contributed by atoms with Crippen LogP contribution in [-0.4, -0.2) is 26.3 Å². The van der Waals surface area contributed by atoms with Gasteiger partial charge < -0.3 is 10.1 Å². The normalized spacial score (nSPS) is 11.1. The summed E-state index contributed by atoms with van der Waals surface area (Å²) in [5, 5.41) is 6.73. The minimum absolute atomic E-state index is 0.800. The Hall–Kier alpha value is -0.900. The fraction of sp³-hybridized carbons (Fsp3) is 0.429. The van der Waals surface area contributed by atoms with E-state index < -0.39 is 0 Å². The van der Waals surface area contributed by atoms with E-state index in [0.717, 1.165) is 32.7 Å². The van der Waals surface area contributed by atoms with E-state index in [1.165, 1.54) is 15.6 Å². The fourth-order valence-corrected chi connectivity index (χ4v) is 2.56. The van der Waals surface area contributed by atoms with Crippen molar-refractivity contribution in [2.75, 3.05) is 26.3 Å². The molecule has 0 aliphatic rings. The summed E-state index contributed by atoms with van der Waals surface area (Å²) in [7, 11) is 0. The molecule has 1 N–H and O–H groups in total. The Bertz CT molecular complexity index is 452. The molecule has 1 heterocycles. The van der Waals surface area contributed by atoms with Crippen molar-refractivity contribution >= 4 is 21.4 Å². The number of hydrogen-bond acceptors (Lipinski definition) is 3. The summed E-state index contributed by atoms with van der Waals surface area (Å²) >= 11 is 1.79. The van der Waals surface area contributed by atoms with E-state index in [0.29, 0.717) is 0 Å². The lowest BCUT2D eigenvalue weighted by Crippen LogP contribution is -2.19. The number of benzene rings is 1. The molecule has 1 aromatic heterocycles. The zero-order valence-electron chi connectivity index (χ0n) is 10.2. The molecule has 2 aromatic rings. The van der Waals surface area contributed by atoms with Crippen molar-refractivity contribution in [1.82, 2.24) is 5.32 Å². The van der Waals surface area contributed by atoms with Crippen LogP contribution in [-0.2, 0) is 11.2 Å². The van der Waals surface area contributed by atoms with Crippen LogP contribution in [0.25, 0.3) is 10.1 Å². The summed E-state index contributed by atoms with van der Waals surface area (Å²) in [4.78, 5) is 0. The van der Waals surface area contributed by atoms with Crippen LogP contribution in [0.4, 0.5) is 0 Å². The zero-order valence-corrected chi connectivity index (χ0v) is 11.1. The van der Waals surface area contributed by atoms with Crippen molar-refractivity contribution in [2.45, 2.75) is 13.3 Å². The van der Waals surface area contributed by atoms with Crippen molar-refractivity contribution in [3.63, 3.8) is 0 Å². The van der Waals surface area contributed by atoms with Gasteiger partial charge in [0.15, 0.2) is 0 Å². The Labute approximate surface area is 107 Å². The first-order valence-corrected chi connectivity index (χ1v) is 7.02. The maximum Gasteiger partial charge on any atom is 0.0591 e. The standard InChI is InChI=1S/C14H19NOS/c1-2-15-7-9-16-8-5-12-3-4-14-13(11-12)6-10-17-14/h3-4,6,10-11,15H,2,5,7-9H2,1H3. The van der Waals surface area contributed by atoms with E-state index in [4.69, 9.17) is 4.74 Å². The maximum absolute atomic E-state index is 5.57. The highest BCUT2D eigenvalue weighted by Crippen LogP contribution is 2.21. The maximum atomic E-state index is 5.57. The molecule has 2 rings (SSSR count). The molecule has 0 spiro atoms. The molecule has 2 nitrogen and oxygen atoms in total. The predicted molar refractivity (Wildman–Crippen MR) is 74.9 cm³/mol. The van der Waals surface area contributed by atoms with Gasteiger partial charge in [-0.1, -0.05) is 19.1 Å². The number of thiophene rings is 1. The van der Waals surface area contributed by atoms with E-state index in [9.17, 15) is 0 Å². The van der Waals surface area contributed by atoms with Crippen molar-refractivity contribution in [3.8, 4) is 0 Å². The predicted octanol–water partition coefficient (Wildman–Crippen LogP) is 3.07. The van der Waals surface area contributed by atoms with Gasteiger partial charge in [0.2, 0.25) is 0 Å². The number of likely N-dealkylation sites (N-methyl/N-ethyl adjacent to an activating group) is 1. The van der Waals surface area contributed by atoms with E-state index in [2.05, 4.69) is 41.9 Å². The minimum Gasteiger partial charge on any atom is -0.380 e. The quantitative estimate of drug-likeness (QED) is 0.761. The second-order valence-corrected chi connectivity index (χ2v) is 4.96. The molecule has 1 aromatic carbocycles. The largest absolute Gasteiger partial charge is 0.380 e. The number of rotatable bonds is 7. The summed E-state index contributed by atoms with van der Waals surface area (Å²) in [5.74, 6) is 0. The zero-order chi connectivity index (χ0) is 11.9. The van der Waals surface area contributed by atoms with Crippen LogP contribution in [0.15, 0.2) is 29.6 Å². The van der Waals surface area contributed by atoms with Crippen LogP contribution >= 0.6 is 11.3 Å². The lowest BCUT2D eigenvalue weighted by atomic mass is 10.1. The number of hydrogen-bond donors (Lipinski definition) is 1. The Morgan fingerprint density at radius 3 is 3.06 bits per heavy atom. The van der Waals surface area contributed by atoms with Gasteiger partial charge in [0.1, 0.15) is 0 Å². The van der Waals surface area contributed by atoms with Gasteiger partial charge in [0.25, 0.3) is 0 Å². The molecular weight excluding hydrogens is 230 g/mol. The van der Waals surface area contributed by atoms with E-state index in [1.54, 1.807) is 11.3 Å². The van der Waals surface area contributed by atoms with Crippen LogP contribution in [0.2, 0.25) is 0 Å². The van der Waals surface area contributed by atoms with Crippen molar-refractivity contribution in [3.05, 3.63) is 35.2 Å². The molecular formula is C14H19NOS. The summed E-state index contributed by atoms with van der Waals surface area (Å²) in [6, 6.07) is 8.84. The third-order valence-electron chi connectivity index (χ3n) is 2.73. The van der Waals surface area contributed by atoms with Gasteiger partial charge in [-0.25, -0.2) is 0 Å². The summed E-state index contributed by atoms with van der Waals surface area (Å²) in [6.45, 7) is 5.67. The molecule has 0 unspecified atom stereocenters. The Morgan fingerprint density at radius 2 is 2.18 bits per heavy atom.